The van der Waals surface area contributed by atoms with Gasteiger partial charge in [-0.2, -0.15) is 5.10 Å². The Morgan fingerprint density at radius 3 is 2.48 bits per heavy atom. The van der Waals surface area contributed by atoms with E-state index < -0.39 is 0 Å². The highest BCUT2D eigenvalue weighted by atomic mass is 16.5. The van der Waals surface area contributed by atoms with Crippen molar-refractivity contribution in [2.45, 2.75) is 0 Å². The van der Waals surface area contributed by atoms with E-state index in [2.05, 4.69) is 22.3 Å². The lowest BCUT2D eigenvalue weighted by atomic mass is 10.0. The third-order valence-corrected chi connectivity index (χ3v) is 3.39. The van der Waals surface area contributed by atoms with Crippen molar-refractivity contribution in [3.8, 4) is 33.9 Å². The van der Waals surface area contributed by atoms with Gasteiger partial charge in [-0.05, 0) is 29.8 Å². The quantitative estimate of drug-likeness (QED) is 0.791. The van der Waals surface area contributed by atoms with Crippen LogP contribution in [0, 0.1) is 0 Å². The lowest BCUT2D eigenvalue weighted by Crippen LogP contribution is -1.90. The van der Waals surface area contributed by atoms with Gasteiger partial charge in [-0.15, -0.1) is 0 Å². The van der Waals surface area contributed by atoms with E-state index in [4.69, 9.17) is 9.47 Å². The molecule has 0 saturated heterocycles. The van der Waals surface area contributed by atoms with Crippen molar-refractivity contribution in [3.05, 3.63) is 54.7 Å². The van der Waals surface area contributed by atoms with E-state index in [0.29, 0.717) is 0 Å². The first-order valence-electron chi connectivity index (χ1n) is 6.64. The van der Waals surface area contributed by atoms with Crippen molar-refractivity contribution in [1.82, 2.24) is 10.2 Å². The molecule has 3 rings (SSSR count). The summed E-state index contributed by atoms with van der Waals surface area (Å²) < 4.78 is 10.7. The molecule has 4 nitrogen and oxygen atoms in total. The van der Waals surface area contributed by atoms with E-state index in [0.717, 1.165) is 33.9 Å². The largest absolute Gasteiger partial charge is 0.497 e. The Morgan fingerprint density at radius 2 is 1.76 bits per heavy atom. The number of aromatic amines is 1. The first-order chi connectivity index (χ1) is 10.3. The van der Waals surface area contributed by atoms with Gasteiger partial charge in [0.1, 0.15) is 11.5 Å². The summed E-state index contributed by atoms with van der Waals surface area (Å²) in [5.74, 6) is 1.57. The normalized spacial score (nSPS) is 10.4. The molecule has 0 aliphatic carbocycles. The number of hydrogen-bond acceptors (Lipinski definition) is 3. The minimum absolute atomic E-state index is 0.778. The van der Waals surface area contributed by atoms with Crippen LogP contribution in [0.2, 0.25) is 0 Å². The lowest BCUT2D eigenvalue weighted by molar-refractivity contribution is 0.395. The molecule has 1 N–H and O–H groups in total. The molecule has 0 amide bonds. The number of aromatic nitrogens is 2. The van der Waals surface area contributed by atoms with E-state index in [1.807, 2.05) is 36.4 Å². The average molecular weight is 280 g/mol. The number of H-pyrrole nitrogens is 1. The van der Waals surface area contributed by atoms with Crippen LogP contribution in [-0.2, 0) is 0 Å². The van der Waals surface area contributed by atoms with Crippen LogP contribution in [0.1, 0.15) is 0 Å². The summed E-state index contributed by atoms with van der Waals surface area (Å²) in [5, 5.41) is 6.97. The van der Waals surface area contributed by atoms with Crippen molar-refractivity contribution in [2.75, 3.05) is 14.2 Å². The van der Waals surface area contributed by atoms with Crippen LogP contribution in [0.4, 0.5) is 0 Å². The zero-order valence-electron chi connectivity index (χ0n) is 12.0. The summed E-state index contributed by atoms with van der Waals surface area (Å²) in [6.45, 7) is 0. The van der Waals surface area contributed by atoms with E-state index in [1.165, 1.54) is 0 Å². The molecule has 0 aliphatic heterocycles. The van der Waals surface area contributed by atoms with Crippen molar-refractivity contribution < 1.29 is 9.47 Å². The Labute approximate surface area is 123 Å². The fraction of sp³-hybridized carbons (Fsp3) is 0.118. The Balaban J connectivity index is 2.06. The monoisotopic (exact) mass is 280 g/mol. The number of nitrogens with one attached hydrogen (secondary N) is 1. The van der Waals surface area contributed by atoms with Crippen LogP contribution in [0.3, 0.4) is 0 Å². The van der Waals surface area contributed by atoms with E-state index in [-0.39, 0.29) is 0 Å². The summed E-state index contributed by atoms with van der Waals surface area (Å²) in [6.07, 6.45) is 1.75. The van der Waals surface area contributed by atoms with Crippen molar-refractivity contribution in [3.63, 3.8) is 0 Å². The van der Waals surface area contributed by atoms with Crippen LogP contribution in [0.5, 0.6) is 11.5 Å². The standard InChI is InChI=1S/C17H16N2O2/c1-20-14-6-7-15(17(11-14)21-2)12-4-3-5-13(10-12)16-8-9-18-19-16/h3-11H,1-2H3,(H,18,19). The second-order valence-corrected chi connectivity index (χ2v) is 4.62. The molecule has 0 saturated carbocycles. The molecule has 2 aromatic carbocycles. The number of nitrogens with zero attached hydrogens (tertiary/aromatic N) is 1. The number of rotatable bonds is 4. The smallest absolute Gasteiger partial charge is 0.130 e. The van der Waals surface area contributed by atoms with Crippen LogP contribution in [-0.4, -0.2) is 24.4 Å². The highest BCUT2D eigenvalue weighted by molar-refractivity contribution is 5.76. The molecule has 0 atom stereocenters. The van der Waals surface area contributed by atoms with Crippen molar-refractivity contribution in [1.29, 1.82) is 0 Å². The highest BCUT2D eigenvalue weighted by Gasteiger charge is 2.09. The van der Waals surface area contributed by atoms with Gasteiger partial charge in [0.15, 0.2) is 0 Å². The average Bonchev–Trinajstić information content (AvgIpc) is 3.09. The molecule has 1 aromatic heterocycles. The zero-order valence-corrected chi connectivity index (χ0v) is 12.0. The van der Waals surface area contributed by atoms with Gasteiger partial charge in [0, 0.05) is 23.4 Å². The fourth-order valence-electron chi connectivity index (χ4n) is 2.31. The molecule has 3 aromatic rings. The van der Waals surface area contributed by atoms with Crippen LogP contribution < -0.4 is 9.47 Å². The molecule has 0 aliphatic rings. The van der Waals surface area contributed by atoms with Crippen LogP contribution in [0.15, 0.2) is 54.7 Å². The molecular formula is C17H16N2O2. The Morgan fingerprint density at radius 1 is 0.905 bits per heavy atom. The summed E-state index contributed by atoms with van der Waals surface area (Å²) >= 11 is 0. The minimum atomic E-state index is 0.778. The number of methoxy groups -OCH3 is 2. The molecule has 0 radical (unpaired) electrons. The molecule has 0 spiro atoms. The minimum Gasteiger partial charge on any atom is -0.497 e. The molecule has 1 heterocycles. The van der Waals surface area contributed by atoms with Crippen molar-refractivity contribution >= 4 is 0 Å². The Hall–Kier alpha value is -2.75. The molecule has 0 unspecified atom stereocenters. The van der Waals surface area contributed by atoms with Gasteiger partial charge in [0.05, 0.1) is 19.9 Å². The van der Waals surface area contributed by atoms with Crippen LogP contribution >= 0.6 is 0 Å². The lowest BCUT2D eigenvalue weighted by Gasteiger charge is -2.11. The van der Waals surface area contributed by atoms with Crippen LogP contribution in [0.25, 0.3) is 22.4 Å². The van der Waals surface area contributed by atoms with E-state index in [9.17, 15) is 0 Å². The maximum Gasteiger partial charge on any atom is 0.130 e. The van der Waals surface area contributed by atoms with Gasteiger partial charge in [0.2, 0.25) is 0 Å². The highest BCUT2D eigenvalue weighted by Crippen LogP contribution is 2.34. The van der Waals surface area contributed by atoms with Gasteiger partial charge in [0.25, 0.3) is 0 Å². The van der Waals surface area contributed by atoms with Gasteiger partial charge < -0.3 is 9.47 Å². The maximum atomic E-state index is 5.47. The fourth-order valence-corrected chi connectivity index (χ4v) is 2.31. The number of hydrogen-bond donors (Lipinski definition) is 1. The summed E-state index contributed by atoms with van der Waals surface area (Å²) in [4.78, 5) is 0. The molecule has 0 fully saturated rings. The predicted molar refractivity (Wildman–Crippen MR) is 82.6 cm³/mol. The molecular weight excluding hydrogens is 264 g/mol. The SMILES string of the molecule is COc1ccc(-c2cccc(-c3ccn[nH]3)c2)c(OC)c1. The zero-order chi connectivity index (χ0) is 14.7. The molecule has 0 bridgehead atoms. The van der Waals surface area contributed by atoms with E-state index in [1.54, 1.807) is 20.4 Å². The van der Waals surface area contributed by atoms with Crippen molar-refractivity contribution in [2.24, 2.45) is 0 Å². The van der Waals surface area contributed by atoms with Gasteiger partial charge in [-0.1, -0.05) is 18.2 Å². The molecule has 4 heteroatoms. The number of benzene rings is 2. The Bertz CT molecular complexity index is 736. The molecule has 106 valence electrons. The second-order valence-electron chi connectivity index (χ2n) is 4.62. The first-order valence-corrected chi connectivity index (χ1v) is 6.64. The third kappa shape index (κ3) is 2.60. The second kappa shape index (κ2) is 5.71. The van der Waals surface area contributed by atoms with Gasteiger partial charge in [-0.3, -0.25) is 5.10 Å². The van der Waals surface area contributed by atoms with Gasteiger partial charge >= 0.3 is 0 Å². The predicted octanol–water partition coefficient (Wildman–Crippen LogP) is 3.76. The third-order valence-electron chi connectivity index (χ3n) is 3.39. The number of ether oxygens (including phenoxy) is 2. The maximum absolute atomic E-state index is 5.47. The first kappa shape index (κ1) is 13.2. The van der Waals surface area contributed by atoms with E-state index >= 15 is 0 Å². The Kier molecular flexibility index (Phi) is 3.60. The topological polar surface area (TPSA) is 47.1 Å². The summed E-state index contributed by atoms with van der Waals surface area (Å²) in [7, 11) is 3.31. The molecule has 21 heavy (non-hydrogen) atoms. The summed E-state index contributed by atoms with van der Waals surface area (Å²) in [5.41, 5.74) is 4.19. The van der Waals surface area contributed by atoms with Gasteiger partial charge in [-0.25, -0.2) is 0 Å². The summed E-state index contributed by atoms with van der Waals surface area (Å²) in [6, 6.07) is 16.0.